The minimum Gasteiger partial charge on any atom is -0.376 e. The number of nitrogens with one attached hydrogen (secondary N) is 1. The van der Waals surface area contributed by atoms with Crippen LogP contribution < -0.4 is 5.32 Å². The summed E-state index contributed by atoms with van der Waals surface area (Å²) in [6, 6.07) is 9.12. The Balaban J connectivity index is 1.87. The summed E-state index contributed by atoms with van der Waals surface area (Å²) in [5, 5.41) is 7.81. The summed E-state index contributed by atoms with van der Waals surface area (Å²) in [5.41, 5.74) is 2.52. The van der Waals surface area contributed by atoms with Crippen LogP contribution in [0.5, 0.6) is 0 Å². The molecule has 0 fully saturated rings. The first kappa shape index (κ1) is 11.7. The predicted molar refractivity (Wildman–Crippen MR) is 76.0 cm³/mol. The Morgan fingerprint density at radius 1 is 1.39 bits per heavy atom. The number of anilines is 1. The molecule has 2 aromatic rings. The highest BCUT2D eigenvalue weighted by Gasteiger charge is 2.18. The van der Waals surface area contributed by atoms with Gasteiger partial charge in [-0.2, -0.15) is 5.10 Å². The number of aromatic nitrogens is 2. The summed E-state index contributed by atoms with van der Waals surface area (Å²) >= 11 is 1.97. The first-order valence-corrected chi connectivity index (χ1v) is 7.28. The molecule has 4 heteroatoms. The van der Waals surface area contributed by atoms with Crippen LogP contribution in [0.1, 0.15) is 24.4 Å². The number of hydrogen-bond donors (Lipinski definition) is 1. The molecule has 0 amide bonds. The van der Waals surface area contributed by atoms with Gasteiger partial charge in [0.15, 0.2) is 0 Å². The molecular formula is C14H17N3S. The van der Waals surface area contributed by atoms with Crippen molar-refractivity contribution in [1.82, 2.24) is 9.78 Å². The second kappa shape index (κ2) is 5.06. The Hall–Kier alpha value is -1.42. The van der Waals surface area contributed by atoms with Crippen LogP contribution in [0, 0.1) is 0 Å². The van der Waals surface area contributed by atoms with Gasteiger partial charge in [0.1, 0.15) is 0 Å². The molecule has 1 aliphatic rings. The second-order valence-corrected chi connectivity index (χ2v) is 5.76. The largest absolute Gasteiger partial charge is 0.376 e. The van der Waals surface area contributed by atoms with Gasteiger partial charge < -0.3 is 5.32 Å². The molecule has 18 heavy (non-hydrogen) atoms. The van der Waals surface area contributed by atoms with Gasteiger partial charge in [-0.25, -0.2) is 0 Å². The summed E-state index contributed by atoms with van der Waals surface area (Å²) < 4.78 is 1.83. The van der Waals surface area contributed by atoms with Crippen molar-refractivity contribution in [3.8, 4) is 0 Å². The van der Waals surface area contributed by atoms with E-state index in [9.17, 15) is 0 Å². The van der Waals surface area contributed by atoms with Gasteiger partial charge in [0.05, 0.1) is 17.9 Å². The molecule has 94 valence electrons. The number of hydrogen-bond acceptors (Lipinski definition) is 3. The SMILES string of the molecule is Cn1cc(N[C@@H]2CCCSc3ccccc32)cn1. The maximum Gasteiger partial charge on any atom is 0.0731 e. The van der Waals surface area contributed by atoms with Crippen molar-refractivity contribution in [2.75, 3.05) is 11.1 Å². The molecule has 0 bridgehead atoms. The summed E-state index contributed by atoms with van der Waals surface area (Å²) in [4.78, 5) is 1.41. The van der Waals surface area contributed by atoms with Crippen LogP contribution in [-0.2, 0) is 7.05 Å². The van der Waals surface area contributed by atoms with Crippen LogP contribution in [-0.4, -0.2) is 15.5 Å². The Labute approximate surface area is 112 Å². The lowest BCUT2D eigenvalue weighted by atomic mass is 10.0. The fraction of sp³-hybridized carbons (Fsp3) is 0.357. The number of rotatable bonds is 2. The number of benzene rings is 1. The first-order chi connectivity index (χ1) is 8.83. The summed E-state index contributed by atoms with van der Waals surface area (Å²) in [6.07, 6.45) is 6.34. The molecule has 0 spiro atoms. The van der Waals surface area contributed by atoms with Crippen molar-refractivity contribution in [2.45, 2.75) is 23.8 Å². The maximum atomic E-state index is 4.21. The Kier molecular flexibility index (Phi) is 3.28. The molecule has 2 heterocycles. The van der Waals surface area contributed by atoms with Gasteiger partial charge in [-0.15, -0.1) is 11.8 Å². The molecule has 0 unspecified atom stereocenters. The topological polar surface area (TPSA) is 29.9 Å². The van der Waals surface area contributed by atoms with Gasteiger partial charge >= 0.3 is 0 Å². The van der Waals surface area contributed by atoms with E-state index in [0.29, 0.717) is 6.04 Å². The standard InChI is InChI=1S/C14H17N3S/c1-17-10-11(9-15-17)16-13-6-4-8-18-14-7-3-2-5-12(13)14/h2-3,5,7,9-10,13,16H,4,6,8H2,1H3/t13-/m1/s1. The molecule has 3 nitrogen and oxygen atoms in total. The summed E-state index contributed by atoms with van der Waals surface area (Å²) in [6.45, 7) is 0. The molecule has 1 aromatic carbocycles. The van der Waals surface area contributed by atoms with E-state index < -0.39 is 0 Å². The zero-order chi connectivity index (χ0) is 12.4. The number of thioether (sulfide) groups is 1. The van der Waals surface area contributed by atoms with E-state index in [-0.39, 0.29) is 0 Å². The molecule has 1 aromatic heterocycles. The highest BCUT2D eigenvalue weighted by atomic mass is 32.2. The first-order valence-electron chi connectivity index (χ1n) is 6.30. The van der Waals surface area contributed by atoms with E-state index >= 15 is 0 Å². The van der Waals surface area contributed by atoms with Gasteiger partial charge in [-0.05, 0) is 30.2 Å². The molecule has 3 rings (SSSR count). The van der Waals surface area contributed by atoms with E-state index in [0.717, 1.165) is 5.69 Å². The van der Waals surface area contributed by atoms with E-state index in [1.165, 1.54) is 29.1 Å². The van der Waals surface area contributed by atoms with Gasteiger partial charge in [-0.3, -0.25) is 4.68 Å². The molecule has 1 N–H and O–H groups in total. The van der Waals surface area contributed by atoms with Gasteiger partial charge in [-0.1, -0.05) is 18.2 Å². The average Bonchev–Trinajstić information content (AvgIpc) is 2.68. The van der Waals surface area contributed by atoms with Crippen LogP contribution in [0.25, 0.3) is 0 Å². The minimum absolute atomic E-state index is 0.403. The van der Waals surface area contributed by atoms with E-state index in [2.05, 4.69) is 34.7 Å². The quantitative estimate of drug-likeness (QED) is 0.895. The lowest BCUT2D eigenvalue weighted by molar-refractivity contribution is 0.680. The second-order valence-electron chi connectivity index (χ2n) is 4.63. The third kappa shape index (κ3) is 2.38. The zero-order valence-corrected chi connectivity index (χ0v) is 11.3. The fourth-order valence-corrected chi connectivity index (χ4v) is 3.45. The molecular weight excluding hydrogens is 242 g/mol. The molecule has 1 atom stereocenters. The Bertz CT molecular complexity index is 535. The fourth-order valence-electron chi connectivity index (χ4n) is 2.37. The smallest absolute Gasteiger partial charge is 0.0731 e. The average molecular weight is 259 g/mol. The van der Waals surface area contributed by atoms with E-state index in [1.807, 2.05) is 35.9 Å². The number of fused-ring (bicyclic) bond motifs is 1. The molecule has 1 aliphatic heterocycles. The van der Waals surface area contributed by atoms with Crippen molar-refractivity contribution in [2.24, 2.45) is 7.05 Å². The lowest BCUT2D eigenvalue weighted by Crippen LogP contribution is -2.10. The number of nitrogens with zero attached hydrogens (tertiary/aromatic N) is 2. The normalized spacial score (nSPS) is 19.1. The lowest BCUT2D eigenvalue weighted by Gasteiger charge is -2.18. The van der Waals surface area contributed by atoms with Crippen LogP contribution in [0.3, 0.4) is 0 Å². The predicted octanol–water partition coefficient (Wildman–Crippen LogP) is 3.46. The Morgan fingerprint density at radius 3 is 3.11 bits per heavy atom. The maximum absolute atomic E-state index is 4.21. The summed E-state index contributed by atoms with van der Waals surface area (Å²) in [7, 11) is 1.95. The molecule has 0 saturated carbocycles. The third-order valence-corrected chi connectivity index (χ3v) is 4.41. The van der Waals surface area contributed by atoms with Crippen molar-refractivity contribution < 1.29 is 0 Å². The summed E-state index contributed by atoms with van der Waals surface area (Å²) in [5.74, 6) is 1.21. The zero-order valence-electron chi connectivity index (χ0n) is 10.5. The van der Waals surface area contributed by atoms with Crippen LogP contribution in [0.4, 0.5) is 5.69 Å². The third-order valence-electron chi connectivity index (χ3n) is 3.23. The molecule has 0 radical (unpaired) electrons. The highest BCUT2D eigenvalue weighted by Crippen LogP contribution is 2.36. The van der Waals surface area contributed by atoms with Gasteiger partial charge in [0.25, 0.3) is 0 Å². The number of aryl methyl sites for hydroxylation is 1. The van der Waals surface area contributed by atoms with Crippen LogP contribution in [0.2, 0.25) is 0 Å². The van der Waals surface area contributed by atoms with Gasteiger partial charge in [0.2, 0.25) is 0 Å². The van der Waals surface area contributed by atoms with Crippen molar-refractivity contribution in [3.05, 3.63) is 42.2 Å². The van der Waals surface area contributed by atoms with Crippen LogP contribution >= 0.6 is 11.8 Å². The highest BCUT2D eigenvalue weighted by molar-refractivity contribution is 7.99. The van der Waals surface area contributed by atoms with Crippen molar-refractivity contribution in [1.29, 1.82) is 0 Å². The van der Waals surface area contributed by atoms with Crippen molar-refractivity contribution >= 4 is 17.4 Å². The van der Waals surface area contributed by atoms with E-state index in [4.69, 9.17) is 0 Å². The van der Waals surface area contributed by atoms with Gasteiger partial charge in [0, 0.05) is 18.1 Å². The van der Waals surface area contributed by atoms with Crippen molar-refractivity contribution in [3.63, 3.8) is 0 Å². The van der Waals surface area contributed by atoms with Crippen LogP contribution in [0.15, 0.2) is 41.6 Å². The Morgan fingerprint density at radius 2 is 2.28 bits per heavy atom. The minimum atomic E-state index is 0.403. The van der Waals surface area contributed by atoms with E-state index in [1.54, 1.807) is 0 Å². The monoisotopic (exact) mass is 259 g/mol. The molecule has 0 saturated heterocycles. The molecule has 0 aliphatic carbocycles.